The van der Waals surface area contributed by atoms with Gasteiger partial charge in [0.2, 0.25) is 0 Å². The number of piperazine rings is 1. The van der Waals surface area contributed by atoms with Crippen molar-refractivity contribution in [2.45, 2.75) is 238 Å². The maximum atomic E-state index is 14.0. The number of epoxide rings is 1. The van der Waals surface area contributed by atoms with Gasteiger partial charge < -0.3 is 42.8 Å². The zero-order chi connectivity index (χ0) is 48.6. The summed E-state index contributed by atoms with van der Waals surface area (Å²) >= 11 is 0. The Morgan fingerprint density at radius 2 is 1.51 bits per heavy atom. The molecular weight excluding hydrogens is 869 g/mol. The highest BCUT2D eigenvalue weighted by atomic mass is 28.4. The number of rotatable bonds is 24. The molecule has 2 fully saturated rings. The minimum atomic E-state index is -2.14. The van der Waals surface area contributed by atoms with E-state index in [-0.39, 0.29) is 49.0 Å². The van der Waals surface area contributed by atoms with Gasteiger partial charge in [0, 0.05) is 50.5 Å². The Hall–Kier alpha value is -1.63. The lowest BCUT2D eigenvalue weighted by molar-refractivity contribution is -0.151. The van der Waals surface area contributed by atoms with Gasteiger partial charge in [-0.3, -0.25) is 4.79 Å². The molecule has 2 saturated heterocycles. The molecule has 0 aromatic carbocycles. The van der Waals surface area contributed by atoms with Crippen LogP contribution in [0.1, 0.15) is 136 Å². The van der Waals surface area contributed by atoms with Gasteiger partial charge in [0.05, 0.1) is 30.3 Å². The summed E-state index contributed by atoms with van der Waals surface area (Å²) in [4.78, 5) is 29.2. The van der Waals surface area contributed by atoms with Gasteiger partial charge in [-0.25, -0.2) is 4.79 Å². The highest BCUT2D eigenvalue weighted by Gasteiger charge is 2.51. The molecule has 0 saturated carbocycles. The highest BCUT2D eigenvalue weighted by Crippen LogP contribution is 2.43. The number of amides is 1. The summed E-state index contributed by atoms with van der Waals surface area (Å²) in [6.45, 7) is 35.2. The number of carbonyl (C=O) groups is 2. The summed E-state index contributed by atoms with van der Waals surface area (Å²) in [6.07, 6.45) is 10.6. The minimum Gasteiger partial charge on any atom is -0.457 e. The summed E-state index contributed by atoms with van der Waals surface area (Å²) in [5.74, 6) is -0.334. The molecule has 0 spiro atoms. The quantitative estimate of drug-likeness (QED) is 0.0317. The van der Waals surface area contributed by atoms with Gasteiger partial charge in [-0.15, -0.1) is 0 Å². The normalized spacial score (nSPS) is 28.5. The van der Waals surface area contributed by atoms with Gasteiger partial charge >= 0.3 is 12.1 Å². The largest absolute Gasteiger partial charge is 0.457 e. The Morgan fingerprint density at radius 3 is 2.05 bits per heavy atom. The molecule has 0 aromatic heterocycles. The predicted octanol–water partition coefficient (Wildman–Crippen LogP) is 11.7. The van der Waals surface area contributed by atoms with Crippen molar-refractivity contribution < 1.29 is 42.2 Å². The molecule has 0 bridgehead atoms. The molecule has 14 heteroatoms. The molecular formula is C51H96N2O9Si3. The molecule has 0 radical (unpaired) electrons. The number of nitrogens with one attached hydrogen (secondary N) is 1. The van der Waals surface area contributed by atoms with E-state index in [1.54, 1.807) is 17.9 Å². The van der Waals surface area contributed by atoms with E-state index >= 15 is 0 Å². The number of hydrogen-bond acceptors (Lipinski definition) is 10. The average molecular weight is 966 g/mol. The molecule has 2 N–H and O–H groups in total. The SMILES string of the molecule is CC[C@H](O[Si](CC)(CC)CC)[C@@H](C)[C@@H]1O[C@H]1CC(C)(/C=C/C=C(\C)C1OC(=O)CC(O[Si](CC)(CC)CC)CCC(C)(O)C(OC(=O)N2CCNCC2)C=CC1C)O[Si](CC)(CC)CC. The topological polar surface area (TPSA) is 128 Å². The zero-order valence-electron chi connectivity index (χ0n) is 43.9. The molecule has 376 valence electrons. The number of carbonyl (C=O) groups excluding carboxylic acids is 2. The second kappa shape index (κ2) is 26.4. The van der Waals surface area contributed by atoms with Gasteiger partial charge in [0.1, 0.15) is 11.7 Å². The third-order valence-corrected chi connectivity index (χ3v) is 30.1. The number of cyclic esters (lactones) is 1. The molecule has 11 nitrogen and oxygen atoms in total. The summed E-state index contributed by atoms with van der Waals surface area (Å²) in [6, 6.07) is 9.33. The second-order valence-corrected chi connectivity index (χ2v) is 34.4. The van der Waals surface area contributed by atoms with Crippen molar-refractivity contribution in [3.63, 3.8) is 0 Å². The number of allylic oxidation sites excluding steroid dienone is 2. The van der Waals surface area contributed by atoms with E-state index in [1.807, 2.05) is 19.9 Å². The van der Waals surface area contributed by atoms with Gasteiger partial charge in [-0.2, -0.15) is 0 Å². The molecule has 6 unspecified atom stereocenters. The lowest BCUT2D eigenvalue weighted by Gasteiger charge is -2.39. The number of ether oxygens (including phenoxy) is 3. The molecule has 65 heavy (non-hydrogen) atoms. The van der Waals surface area contributed by atoms with Crippen molar-refractivity contribution in [2.24, 2.45) is 11.8 Å². The van der Waals surface area contributed by atoms with Gasteiger partial charge in [-0.05, 0) is 106 Å². The summed E-state index contributed by atoms with van der Waals surface area (Å²) in [5, 5.41) is 15.4. The van der Waals surface area contributed by atoms with E-state index in [0.717, 1.165) is 72.8 Å². The first-order valence-corrected chi connectivity index (χ1v) is 33.7. The molecule has 3 aliphatic rings. The lowest BCUT2D eigenvalue weighted by atomic mass is 9.88. The first-order valence-electron chi connectivity index (χ1n) is 26.1. The lowest BCUT2D eigenvalue weighted by Crippen LogP contribution is -2.50. The Morgan fingerprint density at radius 1 is 0.938 bits per heavy atom. The summed E-state index contributed by atoms with van der Waals surface area (Å²) < 4.78 is 40.5. The van der Waals surface area contributed by atoms with Crippen LogP contribution in [0.25, 0.3) is 0 Å². The Bertz CT molecular complexity index is 1520. The average Bonchev–Trinajstić information content (AvgIpc) is 4.08. The molecule has 3 heterocycles. The van der Waals surface area contributed by atoms with E-state index in [4.69, 9.17) is 27.5 Å². The van der Waals surface area contributed by atoms with Crippen LogP contribution in [0.5, 0.6) is 0 Å². The monoisotopic (exact) mass is 965 g/mol. The molecule has 0 aliphatic carbocycles. The standard InChI is InChI=1S/C51H96N2O9Si3/c1-16-43(61-64(20-5,21-6)22-7)41(13)48-44(57-48)38-50(14,62-65(23-8,24-9)25-10)31-26-27-39(11)47-40(12)28-29-45(58-49(55)53-35-33-52-34-36-53)51(15,56)32-30-42(37-46(54)59-47)60-63(17-2,18-3)19-4/h26-29,31,40-45,47-48,52,56H,16-25,30,32-38H2,1-15H3/b29-28?,31-26+,39-27+/t40?,41-,42?,43+,44+,45?,47?,48+,50?,51?/m1/s1. The minimum absolute atomic E-state index is 0.0777. The first-order chi connectivity index (χ1) is 30.8. The number of hydrogen-bond donors (Lipinski definition) is 2. The Labute approximate surface area is 400 Å². The fraction of sp³-hybridized carbons (Fsp3) is 0.843. The van der Waals surface area contributed by atoms with Crippen LogP contribution in [0, 0.1) is 11.8 Å². The van der Waals surface area contributed by atoms with Crippen LogP contribution in [0.3, 0.4) is 0 Å². The first kappa shape index (κ1) is 57.7. The molecule has 1 amide bonds. The van der Waals surface area contributed by atoms with Gasteiger partial charge in [0.15, 0.2) is 31.1 Å². The van der Waals surface area contributed by atoms with E-state index < -0.39 is 60.6 Å². The fourth-order valence-corrected chi connectivity index (χ4v) is 19.3. The summed E-state index contributed by atoms with van der Waals surface area (Å²) in [5.41, 5.74) is -1.09. The van der Waals surface area contributed by atoms with Crippen LogP contribution >= 0.6 is 0 Å². The van der Waals surface area contributed by atoms with Crippen molar-refractivity contribution in [1.29, 1.82) is 0 Å². The van der Waals surface area contributed by atoms with Crippen molar-refractivity contribution in [2.75, 3.05) is 26.2 Å². The molecule has 3 rings (SSSR count). The number of nitrogens with zero attached hydrogens (tertiary/aromatic N) is 1. The predicted molar refractivity (Wildman–Crippen MR) is 274 cm³/mol. The van der Waals surface area contributed by atoms with E-state index in [2.05, 4.69) is 107 Å². The number of aliphatic hydroxyl groups is 1. The van der Waals surface area contributed by atoms with Gasteiger partial charge in [0.25, 0.3) is 0 Å². The highest BCUT2D eigenvalue weighted by molar-refractivity contribution is 6.74. The van der Waals surface area contributed by atoms with Crippen LogP contribution in [0.2, 0.25) is 54.4 Å². The van der Waals surface area contributed by atoms with Crippen molar-refractivity contribution in [3.05, 3.63) is 36.0 Å². The Balaban J connectivity index is 2.00. The third kappa shape index (κ3) is 16.2. The van der Waals surface area contributed by atoms with Crippen molar-refractivity contribution in [1.82, 2.24) is 10.2 Å². The maximum Gasteiger partial charge on any atom is 0.410 e. The van der Waals surface area contributed by atoms with E-state index in [0.29, 0.717) is 32.6 Å². The summed E-state index contributed by atoms with van der Waals surface area (Å²) in [7, 11) is -5.96. The third-order valence-electron chi connectivity index (χ3n) is 16.0. The second-order valence-electron chi connectivity index (χ2n) is 20.2. The van der Waals surface area contributed by atoms with Crippen LogP contribution in [0.4, 0.5) is 4.79 Å². The van der Waals surface area contributed by atoms with Crippen LogP contribution in [-0.4, -0.2) is 121 Å². The van der Waals surface area contributed by atoms with Crippen LogP contribution in [0.15, 0.2) is 36.0 Å². The van der Waals surface area contributed by atoms with E-state index in [9.17, 15) is 14.7 Å². The fourth-order valence-electron chi connectivity index (χ4n) is 10.3. The van der Waals surface area contributed by atoms with Crippen LogP contribution < -0.4 is 5.32 Å². The van der Waals surface area contributed by atoms with Crippen LogP contribution in [-0.2, 0) is 32.3 Å². The van der Waals surface area contributed by atoms with Crippen molar-refractivity contribution in [3.8, 4) is 0 Å². The van der Waals surface area contributed by atoms with Gasteiger partial charge in [-0.1, -0.05) is 107 Å². The maximum absolute atomic E-state index is 14.0. The zero-order valence-corrected chi connectivity index (χ0v) is 46.9. The van der Waals surface area contributed by atoms with Crippen molar-refractivity contribution >= 4 is 37.0 Å². The van der Waals surface area contributed by atoms with E-state index in [1.165, 1.54) is 0 Å². The molecule has 10 atom stereocenters. The number of esters is 1. The Kier molecular flexibility index (Phi) is 23.4. The molecule has 0 aromatic rings. The molecule has 3 aliphatic heterocycles. The smallest absolute Gasteiger partial charge is 0.410 e.